The number of para-hydroxylation sites is 2. The van der Waals surface area contributed by atoms with Crippen molar-refractivity contribution in [2.24, 2.45) is 5.92 Å². The zero-order valence-corrected chi connectivity index (χ0v) is 15.2. The van der Waals surface area contributed by atoms with Crippen molar-refractivity contribution in [3.05, 3.63) is 47.8 Å². The van der Waals surface area contributed by atoms with Gasteiger partial charge in [0.15, 0.2) is 5.82 Å². The predicted molar refractivity (Wildman–Crippen MR) is 101 cm³/mol. The fourth-order valence-corrected chi connectivity index (χ4v) is 3.36. The van der Waals surface area contributed by atoms with Gasteiger partial charge in [-0.1, -0.05) is 12.1 Å². The van der Waals surface area contributed by atoms with Crippen LogP contribution in [-0.2, 0) is 0 Å². The highest BCUT2D eigenvalue weighted by molar-refractivity contribution is 5.76. The molecule has 0 spiro atoms. The summed E-state index contributed by atoms with van der Waals surface area (Å²) in [6.45, 7) is 6.60. The highest BCUT2D eigenvalue weighted by atomic mass is 16.5. The average Bonchev–Trinajstić information content (AvgIpc) is 2.67. The van der Waals surface area contributed by atoms with Crippen LogP contribution in [0.2, 0.25) is 0 Å². The summed E-state index contributed by atoms with van der Waals surface area (Å²) in [6.07, 6.45) is 2.15. The smallest absolute Gasteiger partial charge is 0.233 e. The van der Waals surface area contributed by atoms with Crippen molar-refractivity contribution in [3.63, 3.8) is 0 Å². The van der Waals surface area contributed by atoms with Crippen LogP contribution in [0.5, 0.6) is 5.88 Å². The molecule has 0 radical (unpaired) electrons. The summed E-state index contributed by atoms with van der Waals surface area (Å²) in [6, 6.07) is 11.8. The number of aryl methyl sites for hydroxylation is 2. The molecule has 0 bridgehead atoms. The molecule has 6 heteroatoms. The third-order valence-corrected chi connectivity index (χ3v) is 4.87. The van der Waals surface area contributed by atoms with Gasteiger partial charge in [0.2, 0.25) is 5.88 Å². The Kier molecular flexibility index (Phi) is 4.65. The molecular formula is C20H23N5O. The van der Waals surface area contributed by atoms with Crippen LogP contribution in [0.25, 0.3) is 11.0 Å². The van der Waals surface area contributed by atoms with Gasteiger partial charge in [0, 0.05) is 19.2 Å². The van der Waals surface area contributed by atoms with Crippen molar-refractivity contribution in [1.29, 1.82) is 0 Å². The molecule has 134 valence electrons. The maximum Gasteiger partial charge on any atom is 0.233 e. The Morgan fingerprint density at radius 2 is 1.69 bits per heavy atom. The van der Waals surface area contributed by atoms with Gasteiger partial charge in [0.1, 0.15) is 0 Å². The second kappa shape index (κ2) is 7.23. The molecule has 0 unspecified atom stereocenters. The number of anilines is 1. The summed E-state index contributed by atoms with van der Waals surface area (Å²) in [5.41, 5.74) is 3.80. The van der Waals surface area contributed by atoms with Crippen molar-refractivity contribution in [1.82, 2.24) is 20.2 Å². The van der Waals surface area contributed by atoms with E-state index in [0.29, 0.717) is 18.4 Å². The minimum absolute atomic E-state index is 0.531. The molecule has 1 aromatic carbocycles. The number of ether oxygens (including phenoxy) is 1. The molecule has 4 rings (SSSR count). The number of aromatic nitrogens is 4. The average molecular weight is 349 g/mol. The zero-order chi connectivity index (χ0) is 17.9. The number of rotatable bonds is 4. The fourth-order valence-electron chi connectivity index (χ4n) is 3.36. The van der Waals surface area contributed by atoms with Crippen LogP contribution < -0.4 is 9.64 Å². The lowest BCUT2D eigenvalue weighted by Crippen LogP contribution is -2.36. The number of fused-ring (bicyclic) bond motifs is 1. The van der Waals surface area contributed by atoms with Crippen LogP contribution in [0, 0.1) is 19.8 Å². The first-order valence-corrected chi connectivity index (χ1v) is 9.10. The summed E-state index contributed by atoms with van der Waals surface area (Å²) in [5.74, 6) is 2.14. The number of nitrogens with zero attached hydrogens (tertiary/aromatic N) is 5. The van der Waals surface area contributed by atoms with Gasteiger partial charge in [0.05, 0.1) is 29.0 Å². The van der Waals surface area contributed by atoms with E-state index < -0.39 is 0 Å². The Morgan fingerprint density at radius 3 is 2.38 bits per heavy atom. The summed E-state index contributed by atoms with van der Waals surface area (Å²) in [4.78, 5) is 11.9. The lowest BCUT2D eigenvalue weighted by Gasteiger charge is -2.33. The van der Waals surface area contributed by atoms with Gasteiger partial charge in [-0.2, -0.15) is 5.10 Å². The first-order valence-electron chi connectivity index (χ1n) is 9.10. The van der Waals surface area contributed by atoms with Gasteiger partial charge < -0.3 is 9.64 Å². The van der Waals surface area contributed by atoms with Crippen LogP contribution in [0.3, 0.4) is 0 Å². The van der Waals surface area contributed by atoms with E-state index in [1.54, 1.807) is 0 Å². The highest BCUT2D eigenvalue weighted by Gasteiger charge is 2.22. The van der Waals surface area contributed by atoms with Gasteiger partial charge in [-0.25, -0.2) is 9.97 Å². The highest BCUT2D eigenvalue weighted by Crippen LogP contribution is 2.26. The number of piperidine rings is 1. The van der Waals surface area contributed by atoms with Crippen LogP contribution in [0.1, 0.15) is 24.2 Å². The molecule has 0 aliphatic carbocycles. The first kappa shape index (κ1) is 16.7. The van der Waals surface area contributed by atoms with Gasteiger partial charge >= 0.3 is 0 Å². The van der Waals surface area contributed by atoms with Crippen molar-refractivity contribution >= 4 is 16.9 Å². The summed E-state index contributed by atoms with van der Waals surface area (Å²) in [7, 11) is 0. The Hall–Kier alpha value is -2.76. The SMILES string of the molecule is Cc1ccc(OCC2CCN(c3nc4ccccc4nc3C)CC2)nn1. The van der Waals surface area contributed by atoms with E-state index in [1.165, 1.54) is 0 Å². The monoisotopic (exact) mass is 349 g/mol. The van der Waals surface area contributed by atoms with Crippen molar-refractivity contribution in [2.45, 2.75) is 26.7 Å². The van der Waals surface area contributed by atoms with E-state index >= 15 is 0 Å². The van der Waals surface area contributed by atoms with Gasteiger partial charge in [-0.15, -0.1) is 5.10 Å². The summed E-state index contributed by atoms with van der Waals surface area (Å²) < 4.78 is 5.80. The molecule has 1 saturated heterocycles. The van der Waals surface area contributed by atoms with Crippen LogP contribution >= 0.6 is 0 Å². The molecule has 3 heterocycles. The molecule has 0 amide bonds. The van der Waals surface area contributed by atoms with E-state index in [-0.39, 0.29) is 0 Å². The Balaban J connectivity index is 1.37. The molecule has 6 nitrogen and oxygen atoms in total. The zero-order valence-electron chi connectivity index (χ0n) is 15.2. The second-order valence-electron chi connectivity index (χ2n) is 6.88. The lowest BCUT2D eigenvalue weighted by molar-refractivity contribution is 0.214. The standard InChI is InChI=1S/C20H23N5O/c1-14-7-8-19(24-23-14)26-13-16-9-11-25(12-10-16)20-15(2)21-17-5-3-4-6-18(17)22-20/h3-8,16H,9-13H2,1-2H3. The number of benzene rings is 1. The van der Waals surface area contributed by atoms with Crippen molar-refractivity contribution in [2.75, 3.05) is 24.6 Å². The van der Waals surface area contributed by atoms with E-state index in [1.807, 2.05) is 50.2 Å². The lowest BCUT2D eigenvalue weighted by atomic mass is 9.98. The van der Waals surface area contributed by atoms with Crippen molar-refractivity contribution in [3.8, 4) is 5.88 Å². The van der Waals surface area contributed by atoms with Crippen LogP contribution in [-0.4, -0.2) is 39.9 Å². The van der Waals surface area contributed by atoms with E-state index in [4.69, 9.17) is 14.7 Å². The normalized spacial score (nSPS) is 15.4. The van der Waals surface area contributed by atoms with E-state index in [9.17, 15) is 0 Å². The Morgan fingerprint density at radius 1 is 0.962 bits per heavy atom. The van der Waals surface area contributed by atoms with Gasteiger partial charge in [0.25, 0.3) is 0 Å². The number of hydrogen-bond acceptors (Lipinski definition) is 6. The van der Waals surface area contributed by atoms with E-state index in [0.717, 1.165) is 54.2 Å². The Labute approximate surface area is 153 Å². The first-order chi connectivity index (χ1) is 12.7. The maximum absolute atomic E-state index is 5.80. The molecule has 1 aliphatic heterocycles. The Bertz CT molecular complexity index is 888. The fraction of sp³-hybridized carbons (Fsp3) is 0.400. The molecule has 0 saturated carbocycles. The molecule has 2 aromatic heterocycles. The molecule has 3 aromatic rings. The third kappa shape index (κ3) is 3.59. The maximum atomic E-state index is 5.80. The van der Waals surface area contributed by atoms with E-state index in [2.05, 4.69) is 15.1 Å². The van der Waals surface area contributed by atoms with Gasteiger partial charge in [-0.3, -0.25) is 0 Å². The molecule has 1 fully saturated rings. The molecule has 0 atom stereocenters. The third-order valence-electron chi connectivity index (χ3n) is 4.87. The minimum atomic E-state index is 0.531. The topological polar surface area (TPSA) is 64.0 Å². The summed E-state index contributed by atoms with van der Waals surface area (Å²) in [5, 5.41) is 8.10. The van der Waals surface area contributed by atoms with Crippen LogP contribution in [0.15, 0.2) is 36.4 Å². The second-order valence-corrected chi connectivity index (χ2v) is 6.88. The van der Waals surface area contributed by atoms with Crippen molar-refractivity contribution < 1.29 is 4.74 Å². The molecule has 1 aliphatic rings. The predicted octanol–water partition coefficient (Wildman–Crippen LogP) is 3.33. The number of hydrogen-bond donors (Lipinski definition) is 0. The molecular weight excluding hydrogens is 326 g/mol. The quantitative estimate of drug-likeness (QED) is 0.720. The van der Waals surface area contributed by atoms with Gasteiger partial charge in [-0.05, 0) is 50.8 Å². The largest absolute Gasteiger partial charge is 0.476 e. The molecule has 0 N–H and O–H groups in total. The molecule has 26 heavy (non-hydrogen) atoms. The minimum Gasteiger partial charge on any atom is -0.476 e. The summed E-state index contributed by atoms with van der Waals surface area (Å²) >= 11 is 0. The van der Waals surface area contributed by atoms with Crippen LogP contribution in [0.4, 0.5) is 5.82 Å².